The zero-order valence-electron chi connectivity index (χ0n) is 11.2. The van der Waals surface area contributed by atoms with Gasteiger partial charge < -0.3 is 4.74 Å². The Hall–Kier alpha value is -1.19. The molecule has 1 aliphatic carbocycles. The molecule has 1 rings (SSSR count). The van der Waals surface area contributed by atoms with Gasteiger partial charge in [-0.2, -0.15) is 0 Å². The standard InChI is InChI=1S/C14H22O4/c1-10(15)12-9-8-11(14(17)18-2)6-4-3-5-7-13(12)16/h11-12H,3-9H2,1-2H3. The van der Waals surface area contributed by atoms with E-state index in [1.54, 1.807) is 0 Å². The molecule has 0 amide bonds. The number of carbonyl (C=O) groups excluding carboxylic acids is 3. The number of ether oxygens (including phenoxy) is 1. The summed E-state index contributed by atoms with van der Waals surface area (Å²) in [6.45, 7) is 1.46. The second kappa shape index (κ2) is 7.29. The van der Waals surface area contributed by atoms with Gasteiger partial charge in [-0.3, -0.25) is 14.4 Å². The summed E-state index contributed by atoms with van der Waals surface area (Å²) in [5, 5.41) is 0. The molecule has 102 valence electrons. The lowest BCUT2D eigenvalue weighted by molar-refractivity contribution is -0.147. The van der Waals surface area contributed by atoms with Crippen LogP contribution in [0, 0.1) is 11.8 Å². The summed E-state index contributed by atoms with van der Waals surface area (Å²) in [5.74, 6) is -0.944. The van der Waals surface area contributed by atoms with Crippen LogP contribution < -0.4 is 0 Å². The molecule has 2 unspecified atom stereocenters. The minimum atomic E-state index is -0.518. The van der Waals surface area contributed by atoms with E-state index in [1.807, 2.05) is 0 Å². The number of rotatable bonds is 2. The largest absolute Gasteiger partial charge is 0.469 e. The first kappa shape index (κ1) is 14.9. The molecule has 1 fully saturated rings. The summed E-state index contributed by atoms with van der Waals surface area (Å²) in [5.41, 5.74) is 0. The summed E-state index contributed by atoms with van der Waals surface area (Å²) < 4.78 is 4.77. The van der Waals surface area contributed by atoms with E-state index in [4.69, 9.17) is 4.74 Å². The zero-order chi connectivity index (χ0) is 13.5. The maximum Gasteiger partial charge on any atom is 0.308 e. The number of hydrogen-bond acceptors (Lipinski definition) is 4. The minimum absolute atomic E-state index is 0.0352. The highest BCUT2D eigenvalue weighted by Gasteiger charge is 2.27. The fourth-order valence-corrected chi connectivity index (χ4v) is 2.55. The van der Waals surface area contributed by atoms with Crippen LogP contribution >= 0.6 is 0 Å². The summed E-state index contributed by atoms with van der Waals surface area (Å²) >= 11 is 0. The second-order valence-electron chi connectivity index (χ2n) is 5.03. The third-order valence-electron chi connectivity index (χ3n) is 3.69. The normalized spacial score (nSPS) is 26.4. The van der Waals surface area contributed by atoms with Crippen molar-refractivity contribution >= 4 is 17.5 Å². The van der Waals surface area contributed by atoms with Crippen LogP contribution in [0.5, 0.6) is 0 Å². The van der Waals surface area contributed by atoms with E-state index in [1.165, 1.54) is 14.0 Å². The van der Waals surface area contributed by atoms with Gasteiger partial charge in [-0.1, -0.05) is 12.8 Å². The molecule has 0 heterocycles. The van der Waals surface area contributed by atoms with Crippen molar-refractivity contribution in [2.24, 2.45) is 11.8 Å². The summed E-state index contributed by atoms with van der Waals surface area (Å²) in [4.78, 5) is 35.0. The van der Waals surface area contributed by atoms with Gasteiger partial charge in [-0.25, -0.2) is 0 Å². The molecule has 0 saturated heterocycles. The van der Waals surface area contributed by atoms with Gasteiger partial charge in [0.1, 0.15) is 11.6 Å². The molecule has 0 aromatic heterocycles. The predicted octanol–water partition coefficient (Wildman–Crippen LogP) is 2.29. The van der Waals surface area contributed by atoms with Crippen molar-refractivity contribution in [3.63, 3.8) is 0 Å². The third-order valence-corrected chi connectivity index (χ3v) is 3.69. The fourth-order valence-electron chi connectivity index (χ4n) is 2.55. The van der Waals surface area contributed by atoms with Gasteiger partial charge in [0, 0.05) is 6.42 Å². The maximum absolute atomic E-state index is 11.9. The maximum atomic E-state index is 11.9. The van der Waals surface area contributed by atoms with Gasteiger partial charge >= 0.3 is 5.97 Å². The van der Waals surface area contributed by atoms with Crippen LogP contribution in [0.3, 0.4) is 0 Å². The second-order valence-corrected chi connectivity index (χ2v) is 5.03. The molecular formula is C14H22O4. The van der Waals surface area contributed by atoms with E-state index >= 15 is 0 Å². The van der Waals surface area contributed by atoms with Crippen molar-refractivity contribution in [1.82, 2.24) is 0 Å². The van der Waals surface area contributed by atoms with Crippen molar-refractivity contribution in [2.75, 3.05) is 7.11 Å². The topological polar surface area (TPSA) is 60.4 Å². The number of methoxy groups -OCH3 is 1. The number of Topliss-reactive ketones (excluding diaryl/α,β-unsaturated/α-hetero) is 2. The molecule has 0 spiro atoms. The van der Waals surface area contributed by atoms with Crippen molar-refractivity contribution < 1.29 is 19.1 Å². The average Bonchev–Trinajstić information content (AvgIpc) is 2.35. The Kier molecular flexibility index (Phi) is 6.02. The molecule has 18 heavy (non-hydrogen) atoms. The Morgan fingerprint density at radius 2 is 1.83 bits per heavy atom. The molecule has 0 bridgehead atoms. The first-order chi connectivity index (χ1) is 8.56. The molecule has 2 atom stereocenters. The average molecular weight is 254 g/mol. The highest BCUT2D eigenvalue weighted by molar-refractivity contribution is 6.01. The van der Waals surface area contributed by atoms with Crippen molar-refractivity contribution in [2.45, 2.75) is 51.9 Å². The molecule has 1 saturated carbocycles. The van der Waals surface area contributed by atoms with Gasteiger partial charge in [0.15, 0.2) is 0 Å². The van der Waals surface area contributed by atoms with Crippen LogP contribution in [0.15, 0.2) is 0 Å². The number of ketones is 2. The molecule has 0 radical (unpaired) electrons. The van der Waals surface area contributed by atoms with E-state index in [9.17, 15) is 14.4 Å². The molecular weight excluding hydrogens is 232 g/mol. The van der Waals surface area contributed by atoms with E-state index in [0.717, 1.165) is 25.7 Å². The van der Waals surface area contributed by atoms with Crippen molar-refractivity contribution in [1.29, 1.82) is 0 Å². The number of esters is 1. The lowest BCUT2D eigenvalue weighted by atomic mass is 9.85. The molecule has 0 aromatic rings. The van der Waals surface area contributed by atoms with Crippen molar-refractivity contribution in [3.8, 4) is 0 Å². The van der Waals surface area contributed by atoms with E-state index in [2.05, 4.69) is 0 Å². The lowest BCUT2D eigenvalue weighted by Gasteiger charge is -2.19. The Morgan fingerprint density at radius 3 is 2.44 bits per heavy atom. The van der Waals surface area contributed by atoms with Crippen LogP contribution in [-0.4, -0.2) is 24.6 Å². The zero-order valence-corrected chi connectivity index (χ0v) is 11.2. The highest BCUT2D eigenvalue weighted by Crippen LogP contribution is 2.24. The number of hydrogen-bond donors (Lipinski definition) is 0. The lowest BCUT2D eigenvalue weighted by Crippen LogP contribution is -2.25. The third kappa shape index (κ3) is 4.24. The van der Waals surface area contributed by atoms with Gasteiger partial charge in [0.05, 0.1) is 18.9 Å². The Balaban J connectivity index is 2.70. The van der Waals surface area contributed by atoms with E-state index in [-0.39, 0.29) is 23.5 Å². The summed E-state index contributed by atoms with van der Waals surface area (Å²) in [6.07, 6.45) is 5.04. The highest BCUT2D eigenvalue weighted by atomic mass is 16.5. The smallest absolute Gasteiger partial charge is 0.308 e. The molecule has 0 aromatic carbocycles. The SMILES string of the molecule is COC(=O)C1CCCCCC(=O)C(C(C)=O)CC1. The van der Waals surface area contributed by atoms with Crippen molar-refractivity contribution in [3.05, 3.63) is 0 Å². The quantitative estimate of drug-likeness (QED) is 0.560. The molecule has 4 heteroatoms. The van der Waals surface area contributed by atoms with E-state index in [0.29, 0.717) is 19.3 Å². The van der Waals surface area contributed by atoms with Gasteiger partial charge in [0.25, 0.3) is 0 Å². The van der Waals surface area contributed by atoms with Crippen LogP contribution in [-0.2, 0) is 19.1 Å². The van der Waals surface area contributed by atoms with Crippen LogP contribution in [0.4, 0.5) is 0 Å². The monoisotopic (exact) mass is 254 g/mol. The van der Waals surface area contributed by atoms with Crippen LogP contribution in [0.25, 0.3) is 0 Å². The first-order valence-corrected chi connectivity index (χ1v) is 6.67. The van der Waals surface area contributed by atoms with E-state index < -0.39 is 5.92 Å². The molecule has 1 aliphatic rings. The number of carbonyl (C=O) groups is 3. The van der Waals surface area contributed by atoms with Crippen LogP contribution in [0.1, 0.15) is 51.9 Å². The Bertz CT molecular complexity index is 322. The summed E-state index contributed by atoms with van der Waals surface area (Å²) in [7, 11) is 1.38. The van der Waals surface area contributed by atoms with Gasteiger partial charge in [-0.05, 0) is 32.6 Å². The fraction of sp³-hybridized carbons (Fsp3) is 0.786. The van der Waals surface area contributed by atoms with Gasteiger partial charge in [-0.15, -0.1) is 0 Å². The predicted molar refractivity (Wildman–Crippen MR) is 67.0 cm³/mol. The molecule has 0 N–H and O–H groups in total. The molecule has 0 aliphatic heterocycles. The van der Waals surface area contributed by atoms with Gasteiger partial charge in [0.2, 0.25) is 0 Å². The summed E-state index contributed by atoms with van der Waals surface area (Å²) in [6, 6.07) is 0. The molecule has 4 nitrogen and oxygen atoms in total. The Morgan fingerprint density at radius 1 is 1.11 bits per heavy atom. The van der Waals surface area contributed by atoms with Crippen LogP contribution in [0.2, 0.25) is 0 Å². The first-order valence-electron chi connectivity index (χ1n) is 6.67. The Labute approximate surface area is 108 Å². The minimum Gasteiger partial charge on any atom is -0.469 e.